The van der Waals surface area contributed by atoms with Crippen LogP contribution in [-0.4, -0.2) is 45.0 Å². The van der Waals surface area contributed by atoms with Gasteiger partial charge in [-0.2, -0.15) is 0 Å². The normalized spacial score (nSPS) is 16.6. The summed E-state index contributed by atoms with van der Waals surface area (Å²) < 4.78 is 13.3. The van der Waals surface area contributed by atoms with Gasteiger partial charge in [-0.05, 0) is 38.8 Å². The van der Waals surface area contributed by atoms with Crippen molar-refractivity contribution in [2.75, 3.05) is 13.2 Å². The molecule has 0 bridgehead atoms. The standard InChI is InChI=1S/C22H29N7O2/c1-15-6-8-17(9-7-15)21-26-18(14-31-21)11-23-22(24-12-19-5-4-10-30-19)25-13-20-28-27-16(2)29(20)3/h6-9,14,19H,4-5,10-13H2,1-3H3,(H2,23,24,25). The highest BCUT2D eigenvalue weighted by atomic mass is 16.5. The zero-order valence-corrected chi connectivity index (χ0v) is 18.3. The Morgan fingerprint density at radius 2 is 2.03 bits per heavy atom. The first-order valence-corrected chi connectivity index (χ1v) is 10.6. The maximum atomic E-state index is 5.71. The van der Waals surface area contributed by atoms with Gasteiger partial charge in [-0.3, -0.25) is 0 Å². The van der Waals surface area contributed by atoms with E-state index in [1.807, 2.05) is 42.8 Å². The summed E-state index contributed by atoms with van der Waals surface area (Å²) in [6.07, 6.45) is 4.03. The van der Waals surface area contributed by atoms with Gasteiger partial charge >= 0.3 is 0 Å². The summed E-state index contributed by atoms with van der Waals surface area (Å²) in [6, 6.07) is 8.10. The van der Waals surface area contributed by atoms with Crippen molar-refractivity contribution in [1.82, 2.24) is 30.4 Å². The third-order valence-corrected chi connectivity index (χ3v) is 5.37. The largest absolute Gasteiger partial charge is 0.444 e. The van der Waals surface area contributed by atoms with Crippen LogP contribution >= 0.6 is 0 Å². The van der Waals surface area contributed by atoms with Gasteiger partial charge < -0.3 is 24.4 Å². The minimum Gasteiger partial charge on any atom is -0.444 e. The zero-order chi connectivity index (χ0) is 21.6. The predicted octanol–water partition coefficient (Wildman–Crippen LogP) is 2.50. The first-order valence-electron chi connectivity index (χ1n) is 10.6. The molecule has 3 aromatic rings. The molecule has 1 fully saturated rings. The minimum atomic E-state index is 0.212. The Morgan fingerprint density at radius 3 is 2.74 bits per heavy atom. The summed E-state index contributed by atoms with van der Waals surface area (Å²) >= 11 is 0. The molecule has 164 valence electrons. The number of rotatable bonds is 7. The molecule has 3 heterocycles. The number of aliphatic imine (C=N–C) groups is 1. The Kier molecular flexibility index (Phi) is 6.61. The van der Waals surface area contributed by atoms with Crippen LogP contribution in [-0.2, 0) is 24.9 Å². The fourth-order valence-electron chi connectivity index (χ4n) is 3.33. The van der Waals surface area contributed by atoms with E-state index in [9.17, 15) is 0 Å². The van der Waals surface area contributed by atoms with Crippen LogP contribution in [0, 0.1) is 13.8 Å². The Morgan fingerprint density at radius 1 is 1.19 bits per heavy atom. The highest BCUT2D eigenvalue weighted by molar-refractivity contribution is 5.79. The van der Waals surface area contributed by atoms with Crippen LogP contribution in [0.4, 0.5) is 0 Å². The molecular weight excluding hydrogens is 394 g/mol. The lowest BCUT2D eigenvalue weighted by atomic mass is 10.1. The quantitative estimate of drug-likeness (QED) is 0.445. The number of aryl methyl sites for hydroxylation is 2. The highest BCUT2D eigenvalue weighted by Gasteiger charge is 2.16. The fraction of sp³-hybridized carbons (Fsp3) is 0.455. The fourth-order valence-corrected chi connectivity index (χ4v) is 3.33. The van der Waals surface area contributed by atoms with E-state index in [0.717, 1.165) is 42.4 Å². The highest BCUT2D eigenvalue weighted by Crippen LogP contribution is 2.19. The number of nitrogens with one attached hydrogen (secondary N) is 2. The van der Waals surface area contributed by atoms with Gasteiger partial charge in [0.15, 0.2) is 11.8 Å². The Labute approximate surface area is 182 Å². The lowest BCUT2D eigenvalue weighted by molar-refractivity contribution is 0.113. The maximum absolute atomic E-state index is 5.71. The number of benzene rings is 1. The molecule has 1 aliphatic rings. The second-order valence-corrected chi connectivity index (χ2v) is 7.77. The molecule has 1 aromatic carbocycles. The Balaban J connectivity index is 1.42. The summed E-state index contributed by atoms with van der Waals surface area (Å²) in [5, 5.41) is 15.0. The molecule has 9 heteroatoms. The van der Waals surface area contributed by atoms with Gasteiger partial charge in [0.25, 0.3) is 0 Å². The van der Waals surface area contributed by atoms with Crippen molar-refractivity contribution in [2.45, 2.75) is 45.9 Å². The van der Waals surface area contributed by atoms with E-state index in [-0.39, 0.29) is 6.10 Å². The molecule has 1 aliphatic heterocycles. The molecule has 0 spiro atoms. The summed E-state index contributed by atoms with van der Waals surface area (Å²) in [5.41, 5.74) is 2.92. The predicted molar refractivity (Wildman–Crippen MR) is 117 cm³/mol. The van der Waals surface area contributed by atoms with Crippen LogP contribution < -0.4 is 10.6 Å². The molecule has 1 unspecified atom stereocenters. The van der Waals surface area contributed by atoms with E-state index >= 15 is 0 Å². The summed E-state index contributed by atoms with van der Waals surface area (Å²) in [7, 11) is 1.95. The number of aromatic nitrogens is 4. The molecule has 31 heavy (non-hydrogen) atoms. The summed E-state index contributed by atoms with van der Waals surface area (Å²) in [6.45, 7) is 6.43. The average Bonchev–Trinajstić information content (AvgIpc) is 3.52. The third kappa shape index (κ3) is 5.49. The van der Waals surface area contributed by atoms with Crippen molar-refractivity contribution in [2.24, 2.45) is 12.0 Å². The number of ether oxygens (including phenoxy) is 1. The van der Waals surface area contributed by atoms with Crippen LogP contribution in [0.5, 0.6) is 0 Å². The van der Waals surface area contributed by atoms with Gasteiger partial charge in [0.05, 0.1) is 19.2 Å². The van der Waals surface area contributed by atoms with Gasteiger partial charge in [0, 0.05) is 25.8 Å². The van der Waals surface area contributed by atoms with Crippen LogP contribution in [0.15, 0.2) is 39.9 Å². The number of hydrogen-bond donors (Lipinski definition) is 2. The molecule has 4 rings (SSSR count). The molecular formula is C22H29N7O2. The molecule has 0 amide bonds. The number of guanidine groups is 1. The minimum absolute atomic E-state index is 0.212. The molecule has 2 N–H and O–H groups in total. The third-order valence-electron chi connectivity index (χ3n) is 5.37. The van der Waals surface area contributed by atoms with Crippen molar-refractivity contribution in [3.63, 3.8) is 0 Å². The summed E-state index contributed by atoms with van der Waals surface area (Å²) in [4.78, 5) is 9.26. The number of hydrogen-bond acceptors (Lipinski definition) is 6. The number of nitrogens with zero attached hydrogens (tertiary/aromatic N) is 5. The van der Waals surface area contributed by atoms with Gasteiger partial charge in [0.1, 0.15) is 17.8 Å². The summed E-state index contributed by atoms with van der Waals surface area (Å²) in [5.74, 6) is 2.98. The number of oxazole rings is 1. The molecule has 1 saturated heterocycles. The first-order chi connectivity index (χ1) is 15.1. The SMILES string of the molecule is Cc1ccc(-c2nc(CN=C(NCc3nnc(C)n3C)NCC3CCCO3)co2)cc1. The van der Waals surface area contributed by atoms with E-state index in [0.29, 0.717) is 31.5 Å². The van der Waals surface area contributed by atoms with Crippen molar-refractivity contribution in [3.8, 4) is 11.5 Å². The lowest BCUT2D eigenvalue weighted by Crippen LogP contribution is -2.41. The van der Waals surface area contributed by atoms with E-state index < -0.39 is 0 Å². The molecule has 1 atom stereocenters. The molecule has 0 saturated carbocycles. The van der Waals surface area contributed by atoms with Gasteiger partial charge in [0.2, 0.25) is 5.89 Å². The smallest absolute Gasteiger partial charge is 0.226 e. The van der Waals surface area contributed by atoms with Crippen molar-refractivity contribution >= 4 is 5.96 Å². The lowest BCUT2D eigenvalue weighted by Gasteiger charge is -2.15. The molecule has 0 aliphatic carbocycles. The van der Waals surface area contributed by atoms with Gasteiger partial charge in [-0.15, -0.1) is 10.2 Å². The van der Waals surface area contributed by atoms with E-state index in [1.165, 1.54) is 5.56 Å². The Hall–Kier alpha value is -3.20. The maximum Gasteiger partial charge on any atom is 0.226 e. The van der Waals surface area contributed by atoms with Gasteiger partial charge in [-0.1, -0.05) is 17.7 Å². The second-order valence-electron chi connectivity index (χ2n) is 7.77. The van der Waals surface area contributed by atoms with E-state index in [2.05, 4.69) is 37.7 Å². The molecule has 2 aromatic heterocycles. The van der Waals surface area contributed by atoms with Gasteiger partial charge in [-0.25, -0.2) is 9.98 Å². The van der Waals surface area contributed by atoms with Crippen LogP contribution in [0.2, 0.25) is 0 Å². The van der Waals surface area contributed by atoms with E-state index in [1.54, 1.807) is 6.26 Å². The van der Waals surface area contributed by atoms with Crippen molar-refractivity contribution < 1.29 is 9.15 Å². The van der Waals surface area contributed by atoms with Crippen LogP contribution in [0.3, 0.4) is 0 Å². The monoisotopic (exact) mass is 423 g/mol. The average molecular weight is 424 g/mol. The van der Waals surface area contributed by atoms with E-state index in [4.69, 9.17) is 9.15 Å². The van der Waals surface area contributed by atoms with Crippen LogP contribution in [0.25, 0.3) is 11.5 Å². The zero-order valence-electron chi connectivity index (χ0n) is 18.3. The topological polar surface area (TPSA) is 102 Å². The molecule has 9 nitrogen and oxygen atoms in total. The van der Waals surface area contributed by atoms with Crippen molar-refractivity contribution in [1.29, 1.82) is 0 Å². The van der Waals surface area contributed by atoms with Crippen molar-refractivity contribution in [3.05, 3.63) is 53.4 Å². The molecule has 0 radical (unpaired) electrons. The Bertz CT molecular complexity index is 1020. The first kappa shape index (κ1) is 21.0. The van der Waals surface area contributed by atoms with Crippen LogP contribution in [0.1, 0.15) is 35.7 Å². The second kappa shape index (κ2) is 9.74.